The van der Waals surface area contributed by atoms with Gasteiger partial charge in [0.25, 0.3) is 5.91 Å². The molecule has 3 N–H and O–H groups in total. The van der Waals surface area contributed by atoms with E-state index in [1.54, 1.807) is 24.4 Å². The van der Waals surface area contributed by atoms with E-state index in [-0.39, 0.29) is 5.91 Å². The van der Waals surface area contributed by atoms with Gasteiger partial charge in [-0.2, -0.15) is 5.10 Å². The Morgan fingerprint density at radius 2 is 2.15 bits per heavy atom. The van der Waals surface area contributed by atoms with Gasteiger partial charge in [-0.1, -0.05) is 6.08 Å². The number of aryl methyl sites for hydroxylation is 1. The fourth-order valence-corrected chi connectivity index (χ4v) is 1.76. The van der Waals surface area contributed by atoms with Crippen LogP contribution in [-0.4, -0.2) is 22.6 Å². The first-order chi connectivity index (χ1) is 9.70. The molecule has 5 nitrogen and oxygen atoms in total. The zero-order valence-corrected chi connectivity index (χ0v) is 11.4. The van der Waals surface area contributed by atoms with E-state index >= 15 is 0 Å². The van der Waals surface area contributed by atoms with Gasteiger partial charge in [-0.15, -0.1) is 6.58 Å². The van der Waals surface area contributed by atoms with Gasteiger partial charge in [-0.25, -0.2) is 0 Å². The molecule has 1 aromatic heterocycles. The molecule has 0 radical (unpaired) electrons. The van der Waals surface area contributed by atoms with Crippen LogP contribution in [-0.2, 0) is 6.54 Å². The maximum absolute atomic E-state index is 11.7. The highest BCUT2D eigenvalue weighted by molar-refractivity contribution is 5.94. The van der Waals surface area contributed by atoms with Crippen molar-refractivity contribution in [2.45, 2.75) is 13.5 Å². The van der Waals surface area contributed by atoms with Crippen LogP contribution in [0.25, 0.3) is 0 Å². The van der Waals surface area contributed by atoms with Crippen LogP contribution in [0, 0.1) is 6.92 Å². The first-order valence-corrected chi connectivity index (χ1v) is 6.42. The van der Waals surface area contributed by atoms with Crippen molar-refractivity contribution in [2.75, 3.05) is 11.9 Å². The van der Waals surface area contributed by atoms with Crippen molar-refractivity contribution >= 4 is 11.6 Å². The Balaban J connectivity index is 1.93. The number of anilines is 1. The van der Waals surface area contributed by atoms with Crippen LogP contribution < -0.4 is 10.6 Å². The molecule has 0 saturated heterocycles. The largest absolute Gasteiger partial charge is 0.381 e. The second-order valence-corrected chi connectivity index (χ2v) is 4.45. The fourth-order valence-electron chi connectivity index (χ4n) is 1.76. The first kappa shape index (κ1) is 13.9. The molecule has 0 saturated carbocycles. The third-order valence-corrected chi connectivity index (χ3v) is 2.97. The van der Waals surface area contributed by atoms with E-state index in [0.717, 1.165) is 16.9 Å². The fraction of sp³-hybridized carbons (Fsp3) is 0.200. The summed E-state index contributed by atoms with van der Waals surface area (Å²) in [6.07, 6.45) is 3.46. The van der Waals surface area contributed by atoms with Crippen molar-refractivity contribution in [3.8, 4) is 0 Å². The maximum atomic E-state index is 11.7. The van der Waals surface area contributed by atoms with E-state index in [4.69, 9.17) is 0 Å². The van der Waals surface area contributed by atoms with Gasteiger partial charge in [0.1, 0.15) is 0 Å². The van der Waals surface area contributed by atoms with E-state index in [1.165, 1.54) is 0 Å². The van der Waals surface area contributed by atoms with Crippen LogP contribution >= 0.6 is 0 Å². The van der Waals surface area contributed by atoms with Crippen molar-refractivity contribution < 1.29 is 4.79 Å². The van der Waals surface area contributed by atoms with Gasteiger partial charge in [-0.05, 0) is 31.2 Å². The van der Waals surface area contributed by atoms with Gasteiger partial charge < -0.3 is 10.6 Å². The van der Waals surface area contributed by atoms with Gasteiger partial charge in [0, 0.05) is 35.6 Å². The van der Waals surface area contributed by atoms with E-state index in [1.807, 2.05) is 19.1 Å². The third kappa shape index (κ3) is 3.47. The van der Waals surface area contributed by atoms with Crippen molar-refractivity contribution in [1.82, 2.24) is 15.5 Å². The average Bonchev–Trinajstić information content (AvgIpc) is 2.88. The van der Waals surface area contributed by atoms with Crippen molar-refractivity contribution in [3.05, 3.63) is 59.9 Å². The SMILES string of the molecule is C=CCNC(=O)c1ccc(NCc2cn[nH]c2C)cc1. The summed E-state index contributed by atoms with van der Waals surface area (Å²) >= 11 is 0. The smallest absolute Gasteiger partial charge is 0.251 e. The third-order valence-electron chi connectivity index (χ3n) is 2.97. The number of amides is 1. The Labute approximate surface area is 118 Å². The lowest BCUT2D eigenvalue weighted by atomic mass is 10.2. The molecule has 0 fully saturated rings. The molecule has 5 heteroatoms. The highest BCUT2D eigenvalue weighted by Crippen LogP contribution is 2.12. The Bertz CT molecular complexity index is 586. The van der Waals surface area contributed by atoms with Crippen LogP contribution in [0.2, 0.25) is 0 Å². The number of carbonyl (C=O) groups is 1. The number of nitrogens with zero attached hydrogens (tertiary/aromatic N) is 1. The summed E-state index contributed by atoms with van der Waals surface area (Å²) in [4.78, 5) is 11.7. The van der Waals surface area contributed by atoms with E-state index in [9.17, 15) is 4.79 Å². The molecule has 1 heterocycles. The Kier molecular flexibility index (Phi) is 4.55. The highest BCUT2D eigenvalue weighted by Gasteiger charge is 2.04. The molecule has 0 atom stereocenters. The minimum Gasteiger partial charge on any atom is -0.381 e. The molecule has 1 aromatic carbocycles. The average molecular weight is 270 g/mol. The molecule has 20 heavy (non-hydrogen) atoms. The van der Waals surface area contributed by atoms with Gasteiger partial charge in [0.15, 0.2) is 0 Å². The summed E-state index contributed by atoms with van der Waals surface area (Å²) < 4.78 is 0. The van der Waals surface area contributed by atoms with Crippen LogP contribution in [0.5, 0.6) is 0 Å². The molecule has 1 amide bonds. The van der Waals surface area contributed by atoms with Gasteiger partial charge in [0.05, 0.1) is 6.20 Å². The molecule has 0 aliphatic heterocycles. The molecular formula is C15H18N4O. The minimum atomic E-state index is -0.0953. The number of hydrogen-bond acceptors (Lipinski definition) is 3. The molecule has 104 valence electrons. The number of nitrogens with one attached hydrogen (secondary N) is 3. The number of hydrogen-bond donors (Lipinski definition) is 3. The normalized spacial score (nSPS) is 10.1. The lowest BCUT2D eigenvalue weighted by Gasteiger charge is -2.07. The Hall–Kier alpha value is -2.56. The number of aromatic amines is 1. The highest BCUT2D eigenvalue weighted by atomic mass is 16.1. The van der Waals surface area contributed by atoms with Crippen molar-refractivity contribution in [1.29, 1.82) is 0 Å². The van der Waals surface area contributed by atoms with Gasteiger partial charge in [0.2, 0.25) is 0 Å². The topological polar surface area (TPSA) is 69.8 Å². The van der Waals surface area contributed by atoms with Crippen LogP contribution in [0.1, 0.15) is 21.6 Å². The Morgan fingerprint density at radius 3 is 2.75 bits per heavy atom. The van der Waals surface area contributed by atoms with E-state index in [2.05, 4.69) is 27.4 Å². The van der Waals surface area contributed by atoms with Gasteiger partial charge >= 0.3 is 0 Å². The monoisotopic (exact) mass is 270 g/mol. The molecule has 0 unspecified atom stereocenters. The van der Waals surface area contributed by atoms with Gasteiger partial charge in [-0.3, -0.25) is 9.89 Å². The quantitative estimate of drug-likeness (QED) is 0.705. The van der Waals surface area contributed by atoms with E-state index < -0.39 is 0 Å². The maximum Gasteiger partial charge on any atom is 0.251 e. The van der Waals surface area contributed by atoms with E-state index in [0.29, 0.717) is 18.7 Å². The molecular weight excluding hydrogens is 252 g/mol. The lowest BCUT2D eigenvalue weighted by molar-refractivity contribution is 0.0958. The molecule has 0 bridgehead atoms. The lowest BCUT2D eigenvalue weighted by Crippen LogP contribution is -2.23. The Morgan fingerprint density at radius 1 is 1.40 bits per heavy atom. The molecule has 0 aliphatic rings. The standard InChI is InChI=1S/C15H18N4O/c1-3-8-16-15(20)12-4-6-14(7-5-12)17-9-13-10-18-19-11(13)2/h3-7,10,17H,1,8-9H2,2H3,(H,16,20)(H,18,19). The summed E-state index contributed by atoms with van der Waals surface area (Å²) in [7, 11) is 0. The second-order valence-electron chi connectivity index (χ2n) is 4.45. The predicted molar refractivity (Wildman–Crippen MR) is 79.6 cm³/mol. The molecule has 2 rings (SSSR count). The summed E-state index contributed by atoms with van der Waals surface area (Å²) in [6, 6.07) is 7.36. The molecule has 0 aliphatic carbocycles. The van der Waals surface area contributed by atoms with Crippen molar-refractivity contribution in [2.24, 2.45) is 0 Å². The summed E-state index contributed by atoms with van der Waals surface area (Å²) in [5, 5.41) is 12.9. The minimum absolute atomic E-state index is 0.0953. The molecule has 0 spiro atoms. The van der Waals surface area contributed by atoms with Crippen LogP contribution in [0.4, 0.5) is 5.69 Å². The molecule has 2 aromatic rings. The second kappa shape index (κ2) is 6.56. The summed E-state index contributed by atoms with van der Waals surface area (Å²) in [5.74, 6) is -0.0953. The van der Waals surface area contributed by atoms with Crippen LogP contribution in [0.15, 0.2) is 43.1 Å². The summed E-state index contributed by atoms with van der Waals surface area (Å²) in [6.45, 7) is 6.72. The zero-order chi connectivity index (χ0) is 14.4. The summed E-state index contributed by atoms with van der Waals surface area (Å²) in [5.41, 5.74) is 3.78. The van der Waals surface area contributed by atoms with Crippen LogP contribution in [0.3, 0.4) is 0 Å². The van der Waals surface area contributed by atoms with Crippen molar-refractivity contribution in [3.63, 3.8) is 0 Å². The number of rotatable bonds is 6. The predicted octanol–water partition coefficient (Wildman–Crippen LogP) is 2.25. The number of H-pyrrole nitrogens is 1. The number of aromatic nitrogens is 2. The zero-order valence-electron chi connectivity index (χ0n) is 11.4. The number of benzene rings is 1. The number of carbonyl (C=O) groups excluding carboxylic acids is 1. The first-order valence-electron chi connectivity index (χ1n) is 6.42.